The molecule has 2 heterocycles. The summed E-state index contributed by atoms with van der Waals surface area (Å²) in [6.07, 6.45) is 2.63. The molecule has 1 fully saturated rings. The number of hydrogen-bond donors (Lipinski definition) is 1. The van der Waals surface area contributed by atoms with E-state index in [2.05, 4.69) is 5.32 Å². The van der Waals surface area contributed by atoms with E-state index in [4.69, 9.17) is 14.2 Å². The Hall–Kier alpha value is -3.22. The highest BCUT2D eigenvalue weighted by molar-refractivity contribution is 5.82. The number of nitrogens with zero attached hydrogens (tertiary/aromatic N) is 1. The van der Waals surface area contributed by atoms with Crippen LogP contribution in [0.3, 0.4) is 0 Å². The van der Waals surface area contributed by atoms with Crippen molar-refractivity contribution in [1.29, 1.82) is 0 Å². The van der Waals surface area contributed by atoms with Crippen LogP contribution in [0.2, 0.25) is 0 Å². The molecular formula is C24H26N2O5. The number of hydrogen-bond acceptors (Lipinski definition) is 5. The minimum atomic E-state index is -0.675. The van der Waals surface area contributed by atoms with Crippen LogP contribution in [0, 0.1) is 0 Å². The molecule has 162 valence electrons. The maximum absolute atomic E-state index is 13.1. The summed E-state index contributed by atoms with van der Waals surface area (Å²) in [5.41, 5.74) is 2.01. The molecule has 0 bridgehead atoms. The van der Waals surface area contributed by atoms with Gasteiger partial charge in [-0.15, -0.1) is 0 Å². The SMILES string of the molecule is O=C(CCc1ccc2c(c1)CN(C(=O)C1COc3ccccc3O1)CCO2)NC1CC1. The molecule has 0 radical (unpaired) electrons. The average molecular weight is 422 g/mol. The van der Waals surface area contributed by atoms with E-state index in [1.165, 1.54) is 0 Å². The zero-order chi connectivity index (χ0) is 21.2. The second kappa shape index (κ2) is 8.49. The number of amides is 2. The summed E-state index contributed by atoms with van der Waals surface area (Å²) in [6.45, 7) is 1.54. The fourth-order valence-corrected chi connectivity index (χ4v) is 3.92. The molecule has 0 aromatic heterocycles. The molecule has 0 spiro atoms. The predicted octanol–water partition coefficient (Wildman–Crippen LogP) is 2.46. The van der Waals surface area contributed by atoms with Crippen LogP contribution in [0.25, 0.3) is 0 Å². The Morgan fingerprint density at radius 3 is 2.71 bits per heavy atom. The molecule has 3 aliphatic rings. The van der Waals surface area contributed by atoms with Crippen molar-refractivity contribution < 1.29 is 23.8 Å². The van der Waals surface area contributed by atoms with E-state index in [0.29, 0.717) is 50.1 Å². The lowest BCUT2D eigenvalue weighted by Crippen LogP contribution is -2.46. The zero-order valence-electron chi connectivity index (χ0n) is 17.3. The minimum absolute atomic E-state index is 0.0974. The smallest absolute Gasteiger partial charge is 0.267 e. The highest BCUT2D eigenvalue weighted by Crippen LogP contribution is 2.32. The first-order valence-corrected chi connectivity index (χ1v) is 10.9. The van der Waals surface area contributed by atoms with Gasteiger partial charge in [-0.1, -0.05) is 24.3 Å². The Bertz CT molecular complexity index is 988. The molecule has 31 heavy (non-hydrogen) atoms. The average Bonchev–Trinajstić information content (AvgIpc) is 3.63. The predicted molar refractivity (Wildman–Crippen MR) is 113 cm³/mol. The second-order valence-corrected chi connectivity index (χ2v) is 8.26. The van der Waals surface area contributed by atoms with Gasteiger partial charge in [0.25, 0.3) is 5.91 Å². The van der Waals surface area contributed by atoms with Gasteiger partial charge >= 0.3 is 0 Å². The van der Waals surface area contributed by atoms with Crippen molar-refractivity contribution >= 4 is 11.8 Å². The number of carbonyl (C=O) groups is 2. The van der Waals surface area contributed by atoms with E-state index in [-0.39, 0.29) is 18.4 Å². The van der Waals surface area contributed by atoms with Gasteiger partial charge in [0.2, 0.25) is 12.0 Å². The summed E-state index contributed by atoms with van der Waals surface area (Å²) in [4.78, 5) is 26.9. The van der Waals surface area contributed by atoms with Crippen LogP contribution >= 0.6 is 0 Å². The third kappa shape index (κ3) is 4.60. The van der Waals surface area contributed by atoms with Gasteiger partial charge < -0.3 is 24.4 Å². The number of fused-ring (bicyclic) bond motifs is 2. The maximum atomic E-state index is 13.1. The molecule has 1 aliphatic carbocycles. The standard InChI is InChI=1S/C24H26N2O5/c27-23(25-18-7-8-18)10-6-16-5-9-19-17(13-16)14-26(11-12-29-19)24(28)22-15-30-20-3-1-2-4-21(20)31-22/h1-5,9,13,18,22H,6-8,10-12,14-15H2,(H,25,27). The Balaban J connectivity index is 1.24. The van der Waals surface area contributed by atoms with E-state index in [9.17, 15) is 9.59 Å². The molecule has 1 atom stereocenters. The molecule has 2 aromatic carbocycles. The number of rotatable bonds is 5. The summed E-state index contributed by atoms with van der Waals surface area (Å²) in [7, 11) is 0. The highest BCUT2D eigenvalue weighted by atomic mass is 16.6. The number of nitrogens with one attached hydrogen (secondary N) is 1. The van der Waals surface area contributed by atoms with Crippen molar-refractivity contribution in [3.63, 3.8) is 0 Å². The third-order valence-electron chi connectivity index (χ3n) is 5.78. The van der Waals surface area contributed by atoms with Crippen LogP contribution in [0.5, 0.6) is 17.2 Å². The van der Waals surface area contributed by atoms with Crippen LogP contribution in [0.1, 0.15) is 30.4 Å². The van der Waals surface area contributed by atoms with Crippen molar-refractivity contribution in [3.8, 4) is 17.2 Å². The molecule has 2 aliphatic heterocycles. The van der Waals surface area contributed by atoms with Gasteiger partial charge in [0, 0.05) is 24.6 Å². The van der Waals surface area contributed by atoms with E-state index >= 15 is 0 Å². The van der Waals surface area contributed by atoms with E-state index in [0.717, 1.165) is 29.7 Å². The van der Waals surface area contributed by atoms with Gasteiger partial charge in [0.05, 0.1) is 6.54 Å². The first kappa shape index (κ1) is 19.7. The quantitative estimate of drug-likeness (QED) is 0.801. The summed E-state index contributed by atoms with van der Waals surface area (Å²) in [6, 6.07) is 13.7. The van der Waals surface area contributed by atoms with Crippen LogP contribution in [-0.4, -0.2) is 48.6 Å². The van der Waals surface area contributed by atoms with Crippen molar-refractivity contribution in [2.24, 2.45) is 0 Å². The van der Waals surface area contributed by atoms with Gasteiger partial charge in [-0.3, -0.25) is 9.59 Å². The second-order valence-electron chi connectivity index (χ2n) is 8.26. The Kier molecular flexibility index (Phi) is 5.40. The number of para-hydroxylation sites is 2. The van der Waals surface area contributed by atoms with Crippen LogP contribution in [0.4, 0.5) is 0 Å². The molecule has 2 amide bonds. The molecule has 2 aromatic rings. The molecule has 7 heteroatoms. The molecule has 5 rings (SSSR count). The first-order chi connectivity index (χ1) is 15.2. The number of aryl methyl sites for hydroxylation is 1. The summed E-state index contributed by atoms with van der Waals surface area (Å²) in [5.74, 6) is 2.02. The van der Waals surface area contributed by atoms with Gasteiger partial charge in [-0.2, -0.15) is 0 Å². The monoisotopic (exact) mass is 422 g/mol. The van der Waals surface area contributed by atoms with Crippen molar-refractivity contribution in [1.82, 2.24) is 10.2 Å². The van der Waals surface area contributed by atoms with Crippen molar-refractivity contribution in [2.75, 3.05) is 19.8 Å². The normalized spacial score (nSPS) is 19.6. The highest BCUT2D eigenvalue weighted by Gasteiger charge is 2.32. The molecule has 1 unspecified atom stereocenters. The largest absolute Gasteiger partial charge is 0.491 e. The van der Waals surface area contributed by atoms with Crippen molar-refractivity contribution in [2.45, 2.75) is 44.4 Å². The topological polar surface area (TPSA) is 77.1 Å². The maximum Gasteiger partial charge on any atom is 0.267 e. The molecular weight excluding hydrogens is 396 g/mol. The van der Waals surface area contributed by atoms with Crippen LogP contribution in [-0.2, 0) is 22.6 Å². The van der Waals surface area contributed by atoms with E-state index < -0.39 is 6.10 Å². The molecule has 1 N–H and O–H groups in total. The Morgan fingerprint density at radius 2 is 1.87 bits per heavy atom. The van der Waals surface area contributed by atoms with Gasteiger partial charge in [0.15, 0.2) is 11.5 Å². The van der Waals surface area contributed by atoms with E-state index in [1.54, 1.807) is 11.0 Å². The Labute approximate surface area is 181 Å². The lowest BCUT2D eigenvalue weighted by atomic mass is 10.0. The molecule has 7 nitrogen and oxygen atoms in total. The van der Waals surface area contributed by atoms with E-state index in [1.807, 2.05) is 36.4 Å². The third-order valence-corrected chi connectivity index (χ3v) is 5.78. The van der Waals surface area contributed by atoms with Crippen molar-refractivity contribution in [3.05, 3.63) is 53.6 Å². The van der Waals surface area contributed by atoms with Crippen LogP contribution in [0.15, 0.2) is 42.5 Å². The summed E-state index contributed by atoms with van der Waals surface area (Å²) < 4.78 is 17.5. The first-order valence-electron chi connectivity index (χ1n) is 10.9. The number of benzene rings is 2. The number of ether oxygens (including phenoxy) is 3. The summed E-state index contributed by atoms with van der Waals surface area (Å²) >= 11 is 0. The summed E-state index contributed by atoms with van der Waals surface area (Å²) in [5, 5.41) is 3.02. The number of carbonyl (C=O) groups excluding carboxylic acids is 2. The Morgan fingerprint density at radius 1 is 1.03 bits per heavy atom. The van der Waals surface area contributed by atoms with Gasteiger partial charge in [0.1, 0.15) is 19.0 Å². The lowest BCUT2D eigenvalue weighted by molar-refractivity contribution is -0.142. The fraction of sp³-hybridized carbons (Fsp3) is 0.417. The van der Waals surface area contributed by atoms with Gasteiger partial charge in [-0.25, -0.2) is 0 Å². The zero-order valence-corrected chi connectivity index (χ0v) is 17.3. The fourth-order valence-electron chi connectivity index (χ4n) is 3.92. The van der Waals surface area contributed by atoms with Crippen LogP contribution < -0.4 is 19.5 Å². The molecule has 0 saturated heterocycles. The van der Waals surface area contributed by atoms with Gasteiger partial charge in [-0.05, 0) is 43.0 Å². The molecule has 1 saturated carbocycles. The lowest BCUT2D eigenvalue weighted by Gasteiger charge is -2.29. The minimum Gasteiger partial charge on any atom is -0.491 e.